The van der Waals surface area contributed by atoms with Gasteiger partial charge in [-0.25, -0.2) is 0 Å². The van der Waals surface area contributed by atoms with E-state index >= 15 is 0 Å². The Labute approximate surface area is 138 Å². The fourth-order valence-corrected chi connectivity index (χ4v) is 4.20. The zero-order chi connectivity index (χ0) is 16.3. The molecule has 2 N–H and O–H groups in total. The lowest BCUT2D eigenvalue weighted by molar-refractivity contribution is -0.905. The SMILES string of the molecule is C[NH+](CC(=O)NC1(C#N)CCCC1)[C@@H]1CCCc2ccccc21. The Bertz CT molecular complexity index is 613. The van der Waals surface area contributed by atoms with Gasteiger partial charge in [0.05, 0.1) is 13.1 Å². The summed E-state index contributed by atoms with van der Waals surface area (Å²) in [5, 5.41) is 12.4. The summed E-state index contributed by atoms with van der Waals surface area (Å²) in [5.41, 5.74) is 2.20. The highest BCUT2D eigenvalue weighted by atomic mass is 16.2. The minimum Gasteiger partial charge on any atom is -0.333 e. The van der Waals surface area contributed by atoms with E-state index in [-0.39, 0.29) is 5.91 Å². The van der Waals surface area contributed by atoms with E-state index in [9.17, 15) is 10.1 Å². The highest BCUT2D eigenvalue weighted by molar-refractivity contribution is 5.78. The Kier molecular flexibility index (Phi) is 4.68. The summed E-state index contributed by atoms with van der Waals surface area (Å²) in [6.07, 6.45) is 7.10. The molecule has 1 amide bonds. The lowest BCUT2D eigenvalue weighted by Gasteiger charge is -2.31. The van der Waals surface area contributed by atoms with Crippen LogP contribution in [0.2, 0.25) is 0 Å². The monoisotopic (exact) mass is 312 g/mol. The van der Waals surface area contributed by atoms with E-state index in [4.69, 9.17) is 0 Å². The molecule has 0 bridgehead atoms. The van der Waals surface area contributed by atoms with Crippen LogP contribution in [0.4, 0.5) is 0 Å². The lowest BCUT2D eigenvalue weighted by atomic mass is 9.87. The largest absolute Gasteiger partial charge is 0.333 e. The first-order chi connectivity index (χ1) is 11.1. The summed E-state index contributed by atoms with van der Waals surface area (Å²) < 4.78 is 0. The maximum absolute atomic E-state index is 12.4. The Morgan fingerprint density at radius 1 is 1.35 bits per heavy atom. The number of aryl methyl sites for hydroxylation is 1. The van der Waals surface area contributed by atoms with Gasteiger partial charge in [0.25, 0.3) is 5.91 Å². The van der Waals surface area contributed by atoms with Crippen LogP contribution < -0.4 is 10.2 Å². The van der Waals surface area contributed by atoms with Gasteiger partial charge in [-0.3, -0.25) is 4.79 Å². The Balaban J connectivity index is 1.65. The molecule has 1 aromatic carbocycles. The zero-order valence-corrected chi connectivity index (χ0v) is 13.9. The number of nitrogens with zero attached hydrogens (tertiary/aromatic N) is 1. The van der Waals surface area contributed by atoms with Gasteiger partial charge < -0.3 is 10.2 Å². The molecular formula is C19H26N3O+. The zero-order valence-electron chi connectivity index (χ0n) is 13.9. The van der Waals surface area contributed by atoms with Gasteiger partial charge in [-0.15, -0.1) is 0 Å². The van der Waals surface area contributed by atoms with Gasteiger partial charge in [-0.1, -0.05) is 24.3 Å². The molecule has 0 heterocycles. The summed E-state index contributed by atoms with van der Waals surface area (Å²) in [4.78, 5) is 13.7. The van der Waals surface area contributed by atoms with Crippen LogP contribution in [-0.4, -0.2) is 25.0 Å². The predicted octanol–water partition coefficient (Wildman–Crippen LogP) is 1.53. The molecule has 2 aliphatic carbocycles. The molecule has 1 unspecified atom stereocenters. The minimum atomic E-state index is -0.609. The normalized spacial score (nSPS) is 23.6. The molecule has 2 aliphatic rings. The second kappa shape index (κ2) is 6.72. The summed E-state index contributed by atoms with van der Waals surface area (Å²) in [6, 6.07) is 11.3. The van der Waals surface area contributed by atoms with Crippen LogP contribution in [0, 0.1) is 11.3 Å². The second-order valence-electron chi connectivity index (χ2n) is 7.12. The number of nitrogens with one attached hydrogen (secondary N) is 2. The molecule has 1 fully saturated rings. The van der Waals surface area contributed by atoms with Gasteiger partial charge in [0.1, 0.15) is 11.6 Å². The molecule has 1 saturated carbocycles. The fourth-order valence-electron chi connectivity index (χ4n) is 4.20. The van der Waals surface area contributed by atoms with E-state index in [1.165, 1.54) is 22.4 Å². The van der Waals surface area contributed by atoms with Crippen molar-refractivity contribution >= 4 is 5.91 Å². The Hall–Kier alpha value is -1.86. The van der Waals surface area contributed by atoms with Gasteiger partial charge in [0, 0.05) is 12.0 Å². The first-order valence-electron chi connectivity index (χ1n) is 8.76. The number of amides is 1. The van der Waals surface area contributed by atoms with Crippen molar-refractivity contribution in [2.45, 2.75) is 56.5 Å². The highest BCUT2D eigenvalue weighted by Crippen LogP contribution is 2.29. The van der Waals surface area contributed by atoms with E-state index in [1.807, 2.05) is 0 Å². The molecule has 0 aromatic heterocycles. The molecule has 4 nitrogen and oxygen atoms in total. The summed E-state index contributed by atoms with van der Waals surface area (Å²) in [6.45, 7) is 0.433. The van der Waals surface area contributed by atoms with Crippen LogP contribution in [0.15, 0.2) is 24.3 Å². The highest BCUT2D eigenvalue weighted by Gasteiger charge is 2.36. The van der Waals surface area contributed by atoms with E-state index < -0.39 is 5.54 Å². The number of hydrogen-bond donors (Lipinski definition) is 2. The van der Waals surface area contributed by atoms with E-state index in [0.717, 1.165) is 38.5 Å². The number of rotatable bonds is 4. The van der Waals surface area contributed by atoms with E-state index in [0.29, 0.717) is 12.6 Å². The topological polar surface area (TPSA) is 57.3 Å². The van der Waals surface area contributed by atoms with E-state index in [1.54, 1.807) is 0 Å². The molecule has 0 radical (unpaired) electrons. The number of carbonyl (C=O) groups excluding carboxylic acids is 1. The molecule has 122 valence electrons. The number of benzene rings is 1. The first kappa shape index (κ1) is 16.0. The third-order valence-corrected chi connectivity index (χ3v) is 5.45. The average molecular weight is 312 g/mol. The molecule has 4 heteroatoms. The maximum Gasteiger partial charge on any atom is 0.276 e. The standard InChI is InChI=1S/C19H25N3O/c1-22(13-18(23)21-19(14-20)11-4-5-12-19)17-10-6-8-15-7-2-3-9-16(15)17/h2-3,7,9,17H,4-6,8,10-13H2,1H3,(H,21,23)/p+1/t17-/m1/s1. The van der Waals surface area contributed by atoms with Crippen molar-refractivity contribution in [3.05, 3.63) is 35.4 Å². The molecule has 23 heavy (non-hydrogen) atoms. The molecule has 0 spiro atoms. The van der Waals surface area contributed by atoms with E-state index in [2.05, 4.69) is 42.7 Å². The van der Waals surface area contributed by atoms with Crippen LogP contribution in [0.1, 0.15) is 55.7 Å². The summed E-state index contributed by atoms with van der Waals surface area (Å²) >= 11 is 0. The van der Waals surface area contributed by atoms with Crippen LogP contribution in [0.3, 0.4) is 0 Å². The van der Waals surface area contributed by atoms with Crippen molar-refractivity contribution in [1.82, 2.24) is 5.32 Å². The molecular weight excluding hydrogens is 286 g/mol. The van der Waals surface area contributed by atoms with Gasteiger partial charge in [0.15, 0.2) is 6.54 Å². The minimum absolute atomic E-state index is 0.00834. The number of quaternary nitrogens is 1. The lowest BCUT2D eigenvalue weighted by Crippen LogP contribution is -3.10. The van der Waals surface area contributed by atoms with Gasteiger partial charge in [-0.2, -0.15) is 5.26 Å². The number of carbonyl (C=O) groups is 1. The van der Waals surface area contributed by atoms with Crippen LogP contribution in [0.25, 0.3) is 0 Å². The summed E-state index contributed by atoms with van der Waals surface area (Å²) in [5.74, 6) is 0.00834. The van der Waals surface area contributed by atoms with Crippen LogP contribution >= 0.6 is 0 Å². The maximum atomic E-state index is 12.4. The number of nitriles is 1. The van der Waals surface area contributed by atoms with Crippen LogP contribution in [0.5, 0.6) is 0 Å². The number of likely N-dealkylation sites (N-methyl/N-ethyl adjacent to an activating group) is 1. The summed E-state index contributed by atoms with van der Waals surface area (Å²) in [7, 11) is 2.10. The number of hydrogen-bond acceptors (Lipinski definition) is 2. The quantitative estimate of drug-likeness (QED) is 0.886. The smallest absolute Gasteiger partial charge is 0.276 e. The van der Waals surface area contributed by atoms with Crippen molar-refractivity contribution in [1.29, 1.82) is 5.26 Å². The molecule has 3 rings (SSSR count). The van der Waals surface area contributed by atoms with Crippen molar-refractivity contribution < 1.29 is 9.69 Å². The first-order valence-corrected chi connectivity index (χ1v) is 8.76. The third kappa shape index (κ3) is 3.40. The van der Waals surface area contributed by atoms with Crippen molar-refractivity contribution in [2.24, 2.45) is 0 Å². The van der Waals surface area contributed by atoms with Gasteiger partial charge >= 0.3 is 0 Å². The second-order valence-corrected chi connectivity index (χ2v) is 7.12. The van der Waals surface area contributed by atoms with Crippen LogP contribution in [-0.2, 0) is 11.2 Å². The fraction of sp³-hybridized carbons (Fsp3) is 0.579. The Morgan fingerprint density at radius 2 is 2.09 bits per heavy atom. The van der Waals surface area contributed by atoms with Crippen molar-refractivity contribution in [3.63, 3.8) is 0 Å². The van der Waals surface area contributed by atoms with Crippen molar-refractivity contribution in [2.75, 3.05) is 13.6 Å². The van der Waals surface area contributed by atoms with Gasteiger partial charge in [0.2, 0.25) is 0 Å². The average Bonchev–Trinajstić information content (AvgIpc) is 3.03. The molecule has 1 aromatic rings. The Morgan fingerprint density at radius 3 is 2.83 bits per heavy atom. The predicted molar refractivity (Wildman–Crippen MR) is 88.8 cm³/mol. The van der Waals surface area contributed by atoms with Gasteiger partial charge in [-0.05, 0) is 44.1 Å². The van der Waals surface area contributed by atoms with Crippen molar-refractivity contribution in [3.8, 4) is 6.07 Å². The molecule has 0 aliphatic heterocycles. The third-order valence-electron chi connectivity index (χ3n) is 5.45. The molecule has 0 saturated heterocycles. The number of fused-ring (bicyclic) bond motifs is 1. The molecule has 2 atom stereocenters.